The van der Waals surface area contributed by atoms with E-state index in [0.717, 1.165) is 32.7 Å². The second-order valence-corrected chi connectivity index (χ2v) is 7.62. The van der Waals surface area contributed by atoms with Crippen molar-refractivity contribution >= 4 is 29.5 Å². The summed E-state index contributed by atoms with van der Waals surface area (Å²) in [7, 11) is 0. The van der Waals surface area contributed by atoms with Crippen LogP contribution in [0.25, 0.3) is 0 Å². The van der Waals surface area contributed by atoms with Gasteiger partial charge in [-0.3, -0.25) is 14.6 Å². The number of nitrogens with one attached hydrogen (secondary N) is 1. The number of carbonyl (C=O) groups is 2. The zero-order chi connectivity index (χ0) is 17.7. The molecular formula is C17H27ClN3O3+. The molecule has 0 aromatic rings. The first-order valence-electron chi connectivity index (χ1n) is 8.45. The van der Waals surface area contributed by atoms with Crippen molar-refractivity contribution in [3.05, 3.63) is 11.3 Å². The lowest BCUT2D eigenvalue weighted by Gasteiger charge is -2.31. The predicted octanol–water partition coefficient (Wildman–Crippen LogP) is 0.224. The Hall–Kier alpha value is -1.40. The van der Waals surface area contributed by atoms with Gasteiger partial charge < -0.3 is 14.9 Å². The van der Waals surface area contributed by atoms with Crippen LogP contribution in [-0.4, -0.2) is 73.1 Å². The van der Waals surface area contributed by atoms with E-state index in [1.807, 2.05) is 13.8 Å². The summed E-state index contributed by atoms with van der Waals surface area (Å²) in [6.07, 6.45) is 2.49. The number of aliphatic imine (C=N–C) groups is 1. The molecule has 0 unspecified atom stereocenters. The smallest absolute Gasteiger partial charge is 0.237 e. The first-order chi connectivity index (χ1) is 11.3. The minimum absolute atomic E-state index is 0.00474. The zero-order valence-corrected chi connectivity index (χ0v) is 15.2. The fourth-order valence-electron chi connectivity index (χ4n) is 3.23. The van der Waals surface area contributed by atoms with Crippen LogP contribution in [0.4, 0.5) is 0 Å². The van der Waals surface area contributed by atoms with Crippen LogP contribution < -0.4 is 4.90 Å². The van der Waals surface area contributed by atoms with Gasteiger partial charge in [-0.1, -0.05) is 13.8 Å². The number of quaternary nitrogens is 1. The number of carbonyl (C=O) groups excluding carboxylic acids is 2. The Morgan fingerprint density at radius 1 is 1.38 bits per heavy atom. The van der Waals surface area contributed by atoms with Gasteiger partial charge in [0, 0.05) is 19.1 Å². The summed E-state index contributed by atoms with van der Waals surface area (Å²) in [6, 6.07) is 0. The SMILES string of the molecule is CC1(C)CC(=O)C(C=NCC[NH+]2CCN(C(=O)CCl)CC2)=C(O)C1. The van der Waals surface area contributed by atoms with Gasteiger partial charge in [0.15, 0.2) is 5.78 Å². The molecule has 1 heterocycles. The van der Waals surface area contributed by atoms with Crippen molar-refractivity contribution in [1.82, 2.24) is 4.90 Å². The average Bonchev–Trinajstić information content (AvgIpc) is 2.52. The molecule has 7 heteroatoms. The standard InChI is InChI=1S/C17H26ClN3O3/c1-17(2)9-14(22)13(15(23)10-17)12-19-3-4-20-5-7-21(8-6-20)16(24)11-18/h12,22H,3-11H2,1-2H3/p+1. The normalized spacial score (nSPS) is 22.5. The highest BCUT2D eigenvalue weighted by Gasteiger charge is 2.32. The maximum Gasteiger partial charge on any atom is 0.237 e. The molecule has 1 amide bonds. The van der Waals surface area contributed by atoms with Gasteiger partial charge in [0.1, 0.15) is 11.6 Å². The van der Waals surface area contributed by atoms with E-state index in [1.165, 1.54) is 11.1 Å². The molecule has 1 saturated heterocycles. The van der Waals surface area contributed by atoms with Crippen molar-refractivity contribution in [2.24, 2.45) is 10.4 Å². The second-order valence-electron chi connectivity index (χ2n) is 7.35. The summed E-state index contributed by atoms with van der Waals surface area (Å²) in [5.41, 5.74) is 0.185. The number of Topliss-reactive ketones (excluding diaryl/α,β-unsaturated/α-hetero) is 1. The number of aliphatic hydroxyl groups is 1. The van der Waals surface area contributed by atoms with Crippen LogP contribution in [0.15, 0.2) is 16.3 Å². The van der Waals surface area contributed by atoms with Gasteiger partial charge in [0.05, 0.1) is 44.8 Å². The molecule has 2 rings (SSSR count). The Bertz CT molecular complexity index is 549. The van der Waals surface area contributed by atoms with E-state index in [2.05, 4.69) is 4.99 Å². The van der Waals surface area contributed by atoms with Gasteiger partial charge in [0.25, 0.3) is 0 Å². The number of rotatable bonds is 5. The van der Waals surface area contributed by atoms with E-state index in [9.17, 15) is 14.7 Å². The Balaban J connectivity index is 1.78. The van der Waals surface area contributed by atoms with Gasteiger partial charge in [0.2, 0.25) is 5.91 Å². The molecule has 0 saturated carbocycles. The maximum atomic E-state index is 12.1. The third-order valence-corrected chi connectivity index (χ3v) is 4.88. The highest BCUT2D eigenvalue weighted by Crippen LogP contribution is 2.34. The van der Waals surface area contributed by atoms with Crippen molar-refractivity contribution in [3.63, 3.8) is 0 Å². The van der Waals surface area contributed by atoms with Gasteiger partial charge >= 0.3 is 0 Å². The van der Waals surface area contributed by atoms with Gasteiger partial charge in [-0.05, 0) is 5.41 Å². The van der Waals surface area contributed by atoms with E-state index < -0.39 is 0 Å². The number of aliphatic hydroxyl groups excluding tert-OH is 1. The maximum absolute atomic E-state index is 12.1. The third-order valence-electron chi connectivity index (χ3n) is 4.65. The van der Waals surface area contributed by atoms with Crippen LogP contribution in [0.1, 0.15) is 26.7 Å². The van der Waals surface area contributed by atoms with Crippen LogP contribution in [0, 0.1) is 5.41 Å². The third kappa shape index (κ3) is 5.05. The summed E-state index contributed by atoms with van der Waals surface area (Å²) in [6.45, 7) is 8.64. The topological polar surface area (TPSA) is 74.4 Å². The summed E-state index contributed by atoms with van der Waals surface area (Å²) >= 11 is 5.57. The van der Waals surface area contributed by atoms with Crippen LogP contribution in [0.3, 0.4) is 0 Å². The number of hydrogen-bond donors (Lipinski definition) is 2. The molecule has 6 nitrogen and oxygen atoms in total. The Morgan fingerprint density at radius 3 is 2.62 bits per heavy atom. The van der Waals surface area contributed by atoms with E-state index in [1.54, 1.807) is 4.90 Å². The Morgan fingerprint density at radius 2 is 2.04 bits per heavy atom. The number of piperazine rings is 1. The van der Waals surface area contributed by atoms with Crippen LogP contribution in [0.2, 0.25) is 0 Å². The number of amides is 1. The summed E-state index contributed by atoms with van der Waals surface area (Å²) in [5, 5.41) is 10.0. The largest absolute Gasteiger partial charge is 0.511 e. The van der Waals surface area contributed by atoms with Gasteiger partial charge in [-0.15, -0.1) is 11.6 Å². The molecule has 0 aromatic heterocycles. The first kappa shape index (κ1) is 18.9. The van der Waals surface area contributed by atoms with Crippen molar-refractivity contribution in [1.29, 1.82) is 0 Å². The molecule has 1 fully saturated rings. The number of hydrogen-bond acceptors (Lipinski definition) is 4. The fraction of sp³-hybridized carbons (Fsp3) is 0.706. The van der Waals surface area contributed by atoms with Crippen molar-refractivity contribution < 1.29 is 19.6 Å². The Kier molecular flexibility index (Phi) is 6.40. The Labute approximate surface area is 148 Å². The van der Waals surface area contributed by atoms with Crippen LogP contribution >= 0.6 is 11.6 Å². The highest BCUT2D eigenvalue weighted by atomic mass is 35.5. The molecule has 0 aromatic carbocycles. The van der Waals surface area contributed by atoms with Crippen molar-refractivity contribution in [2.75, 3.05) is 45.1 Å². The molecule has 0 radical (unpaired) electrons. The quantitative estimate of drug-likeness (QED) is 0.547. The van der Waals surface area contributed by atoms with E-state index in [0.29, 0.717) is 25.0 Å². The minimum atomic E-state index is -0.178. The van der Waals surface area contributed by atoms with Gasteiger partial charge in [-0.25, -0.2) is 0 Å². The number of nitrogens with zero attached hydrogens (tertiary/aromatic N) is 2. The van der Waals surface area contributed by atoms with E-state index in [-0.39, 0.29) is 28.7 Å². The van der Waals surface area contributed by atoms with Gasteiger partial charge in [-0.2, -0.15) is 0 Å². The predicted molar refractivity (Wildman–Crippen MR) is 93.9 cm³/mol. The summed E-state index contributed by atoms with van der Waals surface area (Å²) in [4.78, 5) is 31.1. The van der Waals surface area contributed by atoms with Crippen molar-refractivity contribution in [2.45, 2.75) is 26.7 Å². The number of alkyl halides is 1. The first-order valence-corrected chi connectivity index (χ1v) is 8.98. The number of allylic oxidation sites excluding steroid dienone is 2. The molecule has 1 aliphatic heterocycles. The molecular weight excluding hydrogens is 330 g/mol. The molecule has 0 spiro atoms. The molecule has 1 aliphatic carbocycles. The number of halogens is 1. The molecule has 2 N–H and O–H groups in total. The highest BCUT2D eigenvalue weighted by molar-refractivity contribution is 6.27. The molecule has 2 aliphatic rings. The van der Waals surface area contributed by atoms with E-state index >= 15 is 0 Å². The number of ketones is 1. The molecule has 0 bridgehead atoms. The zero-order valence-electron chi connectivity index (χ0n) is 14.5. The average molecular weight is 357 g/mol. The van der Waals surface area contributed by atoms with Crippen molar-refractivity contribution in [3.8, 4) is 0 Å². The molecule has 0 atom stereocenters. The molecule has 24 heavy (non-hydrogen) atoms. The summed E-state index contributed by atoms with van der Waals surface area (Å²) in [5.74, 6) is 0.159. The minimum Gasteiger partial charge on any atom is -0.511 e. The molecule has 134 valence electrons. The van der Waals surface area contributed by atoms with Crippen LogP contribution in [0.5, 0.6) is 0 Å². The van der Waals surface area contributed by atoms with E-state index in [4.69, 9.17) is 11.6 Å². The monoisotopic (exact) mass is 356 g/mol. The van der Waals surface area contributed by atoms with Crippen LogP contribution in [-0.2, 0) is 9.59 Å². The lowest BCUT2D eigenvalue weighted by molar-refractivity contribution is -0.902. The fourth-order valence-corrected chi connectivity index (χ4v) is 3.40. The summed E-state index contributed by atoms with van der Waals surface area (Å²) < 4.78 is 0. The lowest BCUT2D eigenvalue weighted by atomic mass is 9.77. The lowest BCUT2D eigenvalue weighted by Crippen LogP contribution is -3.15. The second kappa shape index (κ2) is 8.12.